The molecule has 1 aliphatic rings. The predicted molar refractivity (Wildman–Crippen MR) is 66.8 cm³/mol. The fourth-order valence-corrected chi connectivity index (χ4v) is 2.05. The highest BCUT2D eigenvalue weighted by Gasteiger charge is 2.20. The van der Waals surface area contributed by atoms with Crippen molar-refractivity contribution in [3.63, 3.8) is 0 Å². The Labute approximate surface area is 101 Å². The quantitative estimate of drug-likeness (QED) is 0.844. The van der Waals surface area contributed by atoms with E-state index in [1.807, 2.05) is 18.2 Å². The van der Waals surface area contributed by atoms with Gasteiger partial charge in [-0.15, -0.1) is 0 Å². The van der Waals surface area contributed by atoms with Gasteiger partial charge in [0.05, 0.1) is 6.10 Å². The molecule has 0 bridgehead atoms. The third-order valence-electron chi connectivity index (χ3n) is 3.07. The summed E-state index contributed by atoms with van der Waals surface area (Å²) in [6, 6.07) is 5.64. The molecule has 1 atom stereocenters. The second kappa shape index (κ2) is 4.75. The number of nitrogens with zero attached hydrogens (tertiary/aromatic N) is 1. The number of urea groups is 1. The van der Waals surface area contributed by atoms with Gasteiger partial charge in [0, 0.05) is 19.3 Å². The molecule has 1 aliphatic heterocycles. The van der Waals surface area contributed by atoms with Gasteiger partial charge in [0.1, 0.15) is 0 Å². The number of hydrogen-bond donors (Lipinski definition) is 2. The summed E-state index contributed by atoms with van der Waals surface area (Å²) in [5, 5.41) is 12.8. The largest absolute Gasteiger partial charge is 0.388 e. The molecule has 1 aromatic carbocycles. The van der Waals surface area contributed by atoms with Crippen molar-refractivity contribution in [2.45, 2.75) is 32.4 Å². The van der Waals surface area contributed by atoms with Crippen molar-refractivity contribution in [1.29, 1.82) is 0 Å². The number of amides is 2. The SMILES string of the molecule is CCCC(O)c1ccc2c(c1)CN(C)C(=O)N2. The lowest BCUT2D eigenvalue weighted by molar-refractivity contribution is 0.166. The number of aliphatic hydroxyl groups is 1. The van der Waals surface area contributed by atoms with E-state index in [0.717, 1.165) is 29.7 Å². The number of hydrogen-bond acceptors (Lipinski definition) is 2. The Kier molecular flexibility index (Phi) is 3.33. The van der Waals surface area contributed by atoms with Crippen molar-refractivity contribution < 1.29 is 9.90 Å². The normalized spacial score (nSPS) is 16.4. The summed E-state index contributed by atoms with van der Waals surface area (Å²) in [5.74, 6) is 0. The smallest absolute Gasteiger partial charge is 0.321 e. The van der Waals surface area contributed by atoms with Gasteiger partial charge in [-0.3, -0.25) is 0 Å². The Morgan fingerprint density at radius 1 is 1.53 bits per heavy atom. The Balaban J connectivity index is 2.25. The first kappa shape index (κ1) is 11.9. The molecule has 0 radical (unpaired) electrons. The van der Waals surface area contributed by atoms with Crippen molar-refractivity contribution in [2.24, 2.45) is 0 Å². The summed E-state index contributed by atoms with van der Waals surface area (Å²) >= 11 is 0. The van der Waals surface area contributed by atoms with Crippen LogP contribution in [-0.4, -0.2) is 23.1 Å². The number of fused-ring (bicyclic) bond motifs is 1. The maximum atomic E-state index is 11.4. The summed E-state index contributed by atoms with van der Waals surface area (Å²) < 4.78 is 0. The molecule has 0 aromatic heterocycles. The summed E-state index contributed by atoms with van der Waals surface area (Å²) in [6.07, 6.45) is 1.31. The minimum Gasteiger partial charge on any atom is -0.388 e. The molecule has 2 N–H and O–H groups in total. The van der Waals surface area contributed by atoms with Gasteiger partial charge in [-0.25, -0.2) is 4.79 Å². The molecule has 2 rings (SSSR count). The van der Waals surface area contributed by atoms with E-state index >= 15 is 0 Å². The van der Waals surface area contributed by atoms with E-state index in [1.165, 1.54) is 0 Å². The number of nitrogens with one attached hydrogen (secondary N) is 1. The Morgan fingerprint density at radius 2 is 2.29 bits per heavy atom. The lowest BCUT2D eigenvalue weighted by Gasteiger charge is -2.26. The topological polar surface area (TPSA) is 52.6 Å². The van der Waals surface area contributed by atoms with Crippen molar-refractivity contribution in [2.75, 3.05) is 12.4 Å². The molecular formula is C13H18N2O2. The van der Waals surface area contributed by atoms with Gasteiger partial charge >= 0.3 is 6.03 Å². The zero-order chi connectivity index (χ0) is 12.4. The summed E-state index contributed by atoms with van der Waals surface area (Å²) in [5.41, 5.74) is 2.83. The monoisotopic (exact) mass is 234 g/mol. The maximum Gasteiger partial charge on any atom is 0.321 e. The van der Waals surface area contributed by atoms with Crippen LogP contribution in [0.1, 0.15) is 37.0 Å². The Bertz CT molecular complexity index is 431. The van der Waals surface area contributed by atoms with Crippen LogP contribution in [0, 0.1) is 0 Å². The molecule has 0 saturated carbocycles. The van der Waals surface area contributed by atoms with Gasteiger partial charge in [0.25, 0.3) is 0 Å². The third kappa shape index (κ3) is 2.42. The molecule has 4 heteroatoms. The van der Waals surface area contributed by atoms with E-state index in [9.17, 15) is 9.90 Å². The van der Waals surface area contributed by atoms with Crippen LogP contribution in [0.2, 0.25) is 0 Å². The summed E-state index contributed by atoms with van der Waals surface area (Å²) in [7, 11) is 1.76. The molecule has 0 fully saturated rings. The van der Waals surface area contributed by atoms with Gasteiger partial charge in [0.2, 0.25) is 0 Å². The molecule has 2 amide bonds. The molecule has 1 heterocycles. The van der Waals surface area contributed by atoms with E-state index in [2.05, 4.69) is 12.2 Å². The number of aliphatic hydroxyl groups excluding tert-OH is 1. The standard InChI is InChI=1S/C13H18N2O2/c1-3-4-12(16)9-5-6-11-10(7-9)8-15(2)13(17)14-11/h5-7,12,16H,3-4,8H2,1-2H3,(H,14,17). The van der Waals surface area contributed by atoms with Gasteiger partial charge in [-0.1, -0.05) is 19.4 Å². The molecular weight excluding hydrogens is 216 g/mol. The fraction of sp³-hybridized carbons (Fsp3) is 0.462. The second-order valence-corrected chi connectivity index (χ2v) is 4.51. The molecule has 0 aliphatic carbocycles. The van der Waals surface area contributed by atoms with E-state index in [1.54, 1.807) is 11.9 Å². The van der Waals surface area contributed by atoms with E-state index in [-0.39, 0.29) is 6.03 Å². The first-order valence-electron chi connectivity index (χ1n) is 5.94. The fourth-order valence-electron chi connectivity index (χ4n) is 2.05. The highest BCUT2D eigenvalue weighted by atomic mass is 16.3. The Morgan fingerprint density at radius 3 is 3.00 bits per heavy atom. The lowest BCUT2D eigenvalue weighted by Crippen LogP contribution is -2.35. The molecule has 1 unspecified atom stereocenters. The van der Waals surface area contributed by atoms with Crippen LogP contribution >= 0.6 is 0 Å². The number of rotatable bonds is 3. The third-order valence-corrected chi connectivity index (χ3v) is 3.07. The van der Waals surface area contributed by atoms with Crippen LogP contribution < -0.4 is 5.32 Å². The average molecular weight is 234 g/mol. The van der Waals surface area contributed by atoms with Gasteiger partial charge < -0.3 is 15.3 Å². The zero-order valence-corrected chi connectivity index (χ0v) is 10.2. The van der Waals surface area contributed by atoms with Crippen molar-refractivity contribution in [3.05, 3.63) is 29.3 Å². The molecule has 1 aromatic rings. The highest BCUT2D eigenvalue weighted by molar-refractivity contribution is 5.92. The summed E-state index contributed by atoms with van der Waals surface area (Å²) in [4.78, 5) is 13.1. The minimum atomic E-state index is -0.409. The van der Waals surface area contributed by atoms with Crippen LogP contribution in [0.15, 0.2) is 18.2 Å². The highest BCUT2D eigenvalue weighted by Crippen LogP contribution is 2.27. The maximum absolute atomic E-state index is 11.4. The Hall–Kier alpha value is -1.55. The molecule has 0 spiro atoms. The second-order valence-electron chi connectivity index (χ2n) is 4.51. The van der Waals surface area contributed by atoms with Gasteiger partial charge in [-0.2, -0.15) is 0 Å². The first-order chi connectivity index (χ1) is 8.11. The lowest BCUT2D eigenvalue weighted by atomic mass is 10.0. The van der Waals surface area contributed by atoms with Crippen LogP contribution in [0.25, 0.3) is 0 Å². The number of anilines is 1. The number of benzene rings is 1. The van der Waals surface area contributed by atoms with E-state index < -0.39 is 6.10 Å². The van der Waals surface area contributed by atoms with Crippen LogP contribution in [-0.2, 0) is 6.54 Å². The van der Waals surface area contributed by atoms with E-state index in [0.29, 0.717) is 6.54 Å². The molecule has 92 valence electrons. The number of carbonyl (C=O) groups is 1. The average Bonchev–Trinajstić information content (AvgIpc) is 2.30. The zero-order valence-electron chi connectivity index (χ0n) is 10.2. The van der Waals surface area contributed by atoms with Crippen LogP contribution in [0.4, 0.5) is 10.5 Å². The van der Waals surface area contributed by atoms with Gasteiger partial charge in [-0.05, 0) is 29.7 Å². The minimum absolute atomic E-state index is 0.0839. The van der Waals surface area contributed by atoms with Crippen LogP contribution in [0.3, 0.4) is 0 Å². The van der Waals surface area contributed by atoms with Crippen molar-refractivity contribution in [1.82, 2.24) is 4.90 Å². The van der Waals surface area contributed by atoms with E-state index in [4.69, 9.17) is 0 Å². The first-order valence-corrected chi connectivity index (χ1v) is 5.94. The summed E-state index contributed by atoms with van der Waals surface area (Å²) in [6.45, 7) is 2.64. The van der Waals surface area contributed by atoms with Gasteiger partial charge in [0.15, 0.2) is 0 Å². The predicted octanol–water partition coefficient (Wildman–Crippen LogP) is 2.50. The van der Waals surface area contributed by atoms with Crippen molar-refractivity contribution in [3.8, 4) is 0 Å². The number of carbonyl (C=O) groups excluding carboxylic acids is 1. The molecule has 17 heavy (non-hydrogen) atoms. The molecule has 4 nitrogen and oxygen atoms in total. The van der Waals surface area contributed by atoms with Crippen molar-refractivity contribution >= 4 is 11.7 Å². The van der Waals surface area contributed by atoms with Crippen LogP contribution in [0.5, 0.6) is 0 Å². The molecule has 0 saturated heterocycles.